The molecule has 0 atom stereocenters. The number of aryl methyl sites for hydroxylation is 1. The Hall–Kier alpha value is -1.66. The third-order valence-corrected chi connectivity index (χ3v) is 4.85. The lowest BCUT2D eigenvalue weighted by Gasteiger charge is -2.29. The van der Waals surface area contributed by atoms with Crippen LogP contribution in [0.3, 0.4) is 0 Å². The number of aromatic nitrogens is 1. The average Bonchev–Trinajstić information content (AvgIpc) is 3.10. The number of amides is 1. The summed E-state index contributed by atoms with van der Waals surface area (Å²) in [6.45, 7) is 4.49. The van der Waals surface area contributed by atoms with E-state index >= 15 is 0 Å². The van der Waals surface area contributed by atoms with Gasteiger partial charge in [-0.15, -0.1) is 11.3 Å². The van der Waals surface area contributed by atoms with E-state index in [9.17, 15) is 4.79 Å². The van der Waals surface area contributed by atoms with Crippen molar-refractivity contribution in [1.29, 1.82) is 0 Å². The zero-order chi connectivity index (χ0) is 14.8. The summed E-state index contributed by atoms with van der Waals surface area (Å²) in [6, 6.07) is 4.01. The van der Waals surface area contributed by atoms with Crippen LogP contribution < -0.4 is 5.73 Å². The van der Waals surface area contributed by atoms with Crippen molar-refractivity contribution in [3.05, 3.63) is 29.0 Å². The summed E-state index contributed by atoms with van der Waals surface area (Å²) in [5.41, 5.74) is 6.35. The van der Waals surface area contributed by atoms with E-state index in [0.717, 1.165) is 48.8 Å². The van der Waals surface area contributed by atoms with Crippen LogP contribution in [0.2, 0.25) is 0 Å². The third-order valence-electron chi connectivity index (χ3n) is 3.99. The SMILES string of the molecule is Cc1oc(-c2cccs2)nc1CN1CCC(C(N)=O)CC1. The second kappa shape index (κ2) is 5.99. The van der Waals surface area contributed by atoms with E-state index in [1.807, 2.05) is 24.4 Å². The van der Waals surface area contributed by atoms with Gasteiger partial charge in [-0.1, -0.05) is 6.07 Å². The molecular weight excluding hydrogens is 286 g/mol. The number of hydrogen-bond acceptors (Lipinski definition) is 5. The largest absolute Gasteiger partial charge is 0.440 e. The van der Waals surface area contributed by atoms with Gasteiger partial charge in [-0.25, -0.2) is 4.98 Å². The number of nitrogens with zero attached hydrogens (tertiary/aromatic N) is 2. The Morgan fingerprint density at radius 1 is 1.52 bits per heavy atom. The Morgan fingerprint density at radius 3 is 2.90 bits per heavy atom. The van der Waals surface area contributed by atoms with Crippen molar-refractivity contribution < 1.29 is 9.21 Å². The van der Waals surface area contributed by atoms with Crippen LogP contribution in [-0.4, -0.2) is 28.9 Å². The molecule has 6 heteroatoms. The van der Waals surface area contributed by atoms with E-state index in [1.165, 1.54) is 0 Å². The molecule has 1 aliphatic heterocycles. The van der Waals surface area contributed by atoms with Gasteiger partial charge in [0.15, 0.2) is 0 Å². The molecule has 3 heterocycles. The van der Waals surface area contributed by atoms with Gasteiger partial charge in [0.2, 0.25) is 11.8 Å². The number of piperidine rings is 1. The van der Waals surface area contributed by atoms with Crippen molar-refractivity contribution in [2.45, 2.75) is 26.3 Å². The lowest BCUT2D eigenvalue weighted by Crippen LogP contribution is -2.38. The number of likely N-dealkylation sites (tertiary alicyclic amines) is 1. The van der Waals surface area contributed by atoms with E-state index < -0.39 is 0 Å². The van der Waals surface area contributed by atoms with Crippen LogP contribution in [0, 0.1) is 12.8 Å². The Labute approximate surface area is 127 Å². The van der Waals surface area contributed by atoms with Gasteiger partial charge in [-0.2, -0.15) is 0 Å². The molecule has 0 aromatic carbocycles. The van der Waals surface area contributed by atoms with Crippen LogP contribution in [0.15, 0.2) is 21.9 Å². The Kier molecular flexibility index (Phi) is 4.07. The summed E-state index contributed by atoms with van der Waals surface area (Å²) in [6.07, 6.45) is 1.67. The van der Waals surface area contributed by atoms with Crippen LogP contribution >= 0.6 is 11.3 Å². The normalized spacial score (nSPS) is 17.2. The highest BCUT2D eigenvalue weighted by atomic mass is 32.1. The fraction of sp³-hybridized carbons (Fsp3) is 0.467. The monoisotopic (exact) mass is 305 g/mol. The van der Waals surface area contributed by atoms with Crippen molar-refractivity contribution >= 4 is 17.2 Å². The minimum atomic E-state index is -0.174. The quantitative estimate of drug-likeness (QED) is 0.941. The predicted octanol–water partition coefficient (Wildman–Crippen LogP) is 2.41. The molecule has 112 valence electrons. The van der Waals surface area contributed by atoms with Crippen molar-refractivity contribution in [2.75, 3.05) is 13.1 Å². The number of carbonyl (C=O) groups excluding carboxylic acids is 1. The molecule has 5 nitrogen and oxygen atoms in total. The lowest BCUT2D eigenvalue weighted by atomic mass is 9.96. The highest BCUT2D eigenvalue weighted by Gasteiger charge is 2.24. The number of primary amides is 1. The molecule has 0 unspecified atom stereocenters. The number of rotatable bonds is 4. The molecule has 0 radical (unpaired) electrons. The molecule has 1 amide bonds. The molecule has 21 heavy (non-hydrogen) atoms. The maximum absolute atomic E-state index is 11.2. The van der Waals surface area contributed by atoms with Gasteiger partial charge < -0.3 is 10.2 Å². The van der Waals surface area contributed by atoms with Gasteiger partial charge >= 0.3 is 0 Å². The Morgan fingerprint density at radius 2 is 2.29 bits per heavy atom. The highest BCUT2D eigenvalue weighted by Crippen LogP contribution is 2.27. The summed E-state index contributed by atoms with van der Waals surface area (Å²) in [7, 11) is 0. The van der Waals surface area contributed by atoms with E-state index in [1.54, 1.807) is 11.3 Å². The second-order valence-electron chi connectivity index (χ2n) is 5.45. The van der Waals surface area contributed by atoms with Gasteiger partial charge in [0.05, 0.1) is 10.6 Å². The van der Waals surface area contributed by atoms with Crippen LogP contribution in [0.4, 0.5) is 0 Å². The Balaban J connectivity index is 1.65. The number of hydrogen-bond donors (Lipinski definition) is 1. The van der Waals surface area contributed by atoms with Crippen molar-refractivity contribution in [3.63, 3.8) is 0 Å². The number of oxazole rings is 1. The maximum atomic E-state index is 11.2. The third kappa shape index (κ3) is 3.16. The molecule has 0 bridgehead atoms. The van der Waals surface area contributed by atoms with Gasteiger partial charge in [-0.3, -0.25) is 9.69 Å². The molecule has 2 aromatic heterocycles. The fourth-order valence-corrected chi connectivity index (χ4v) is 3.32. The summed E-state index contributed by atoms with van der Waals surface area (Å²) >= 11 is 1.63. The molecule has 1 saturated heterocycles. The van der Waals surface area contributed by atoms with E-state index in [-0.39, 0.29) is 11.8 Å². The first-order valence-corrected chi connectivity index (χ1v) is 8.03. The molecule has 1 fully saturated rings. The Bertz CT molecular complexity index is 613. The minimum Gasteiger partial charge on any atom is -0.440 e. The van der Waals surface area contributed by atoms with Crippen LogP contribution in [-0.2, 0) is 11.3 Å². The highest BCUT2D eigenvalue weighted by molar-refractivity contribution is 7.13. The van der Waals surface area contributed by atoms with Crippen LogP contribution in [0.1, 0.15) is 24.3 Å². The zero-order valence-electron chi connectivity index (χ0n) is 12.0. The van der Waals surface area contributed by atoms with E-state index in [2.05, 4.69) is 9.88 Å². The molecule has 0 spiro atoms. The smallest absolute Gasteiger partial charge is 0.236 e. The van der Waals surface area contributed by atoms with Gasteiger partial charge in [0, 0.05) is 12.5 Å². The summed E-state index contributed by atoms with van der Waals surface area (Å²) < 4.78 is 5.76. The summed E-state index contributed by atoms with van der Waals surface area (Å²) in [5.74, 6) is 1.42. The standard InChI is InChI=1S/C15H19N3O2S/c1-10-12(17-15(20-10)13-3-2-8-21-13)9-18-6-4-11(5-7-18)14(16)19/h2-3,8,11H,4-7,9H2,1H3,(H2,16,19). The van der Waals surface area contributed by atoms with Gasteiger partial charge in [0.1, 0.15) is 5.76 Å². The first-order valence-electron chi connectivity index (χ1n) is 7.15. The molecule has 0 saturated carbocycles. The van der Waals surface area contributed by atoms with Gasteiger partial charge in [-0.05, 0) is 44.3 Å². The average molecular weight is 305 g/mol. The second-order valence-corrected chi connectivity index (χ2v) is 6.40. The summed E-state index contributed by atoms with van der Waals surface area (Å²) in [5, 5.41) is 2.02. The zero-order valence-corrected chi connectivity index (χ0v) is 12.9. The lowest BCUT2D eigenvalue weighted by molar-refractivity contribution is -0.123. The maximum Gasteiger partial charge on any atom is 0.236 e. The van der Waals surface area contributed by atoms with Crippen molar-refractivity contribution in [1.82, 2.24) is 9.88 Å². The minimum absolute atomic E-state index is 0.0290. The topological polar surface area (TPSA) is 72.4 Å². The number of carbonyl (C=O) groups is 1. The molecule has 1 aliphatic rings. The van der Waals surface area contributed by atoms with E-state index in [0.29, 0.717) is 5.89 Å². The molecule has 3 rings (SSSR count). The number of nitrogens with two attached hydrogens (primary N) is 1. The molecular formula is C15H19N3O2S. The van der Waals surface area contributed by atoms with E-state index in [4.69, 9.17) is 10.2 Å². The van der Waals surface area contributed by atoms with Crippen LogP contribution in [0.25, 0.3) is 10.8 Å². The van der Waals surface area contributed by atoms with Gasteiger partial charge in [0.25, 0.3) is 0 Å². The van der Waals surface area contributed by atoms with Crippen LogP contribution in [0.5, 0.6) is 0 Å². The summed E-state index contributed by atoms with van der Waals surface area (Å²) in [4.78, 5) is 19.2. The van der Waals surface area contributed by atoms with Crippen molar-refractivity contribution in [2.24, 2.45) is 11.7 Å². The fourth-order valence-electron chi connectivity index (χ4n) is 2.67. The van der Waals surface area contributed by atoms with Crippen molar-refractivity contribution in [3.8, 4) is 10.8 Å². The number of thiophene rings is 1. The predicted molar refractivity (Wildman–Crippen MR) is 81.7 cm³/mol. The molecule has 2 aromatic rings. The first-order chi connectivity index (χ1) is 10.1. The first kappa shape index (κ1) is 14.3. The molecule has 2 N–H and O–H groups in total. The molecule has 0 aliphatic carbocycles.